The molecule has 0 atom stereocenters. The van der Waals surface area contributed by atoms with Gasteiger partial charge >= 0.3 is 0 Å². The average Bonchev–Trinajstić information content (AvgIpc) is 2.41. The summed E-state index contributed by atoms with van der Waals surface area (Å²) >= 11 is 0. The second-order valence-electron chi connectivity index (χ2n) is 3.10. The highest BCUT2D eigenvalue weighted by atomic mass is 16.3. The van der Waals surface area contributed by atoms with Crippen molar-refractivity contribution >= 4 is 37.5 Å². The zero-order chi connectivity index (χ0) is 8.72. The Balaban J connectivity index is 2.96. The van der Waals surface area contributed by atoms with Crippen LogP contribution in [0.2, 0.25) is 0 Å². The Labute approximate surface area is 72.4 Å². The number of aromatic amines is 1. The number of H-pyrrole nitrogens is 1. The number of nitrogens with one attached hydrogen (secondary N) is 1. The lowest BCUT2D eigenvalue weighted by Crippen LogP contribution is -2.11. The molecule has 2 aromatic rings. The summed E-state index contributed by atoms with van der Waals surface area (Å²) in [6.45, 7) is 0. The second kappa shape index (κ2) is 2.34. The van der Waals surface area contributed by atoms with Crippen molar-refractivity contribution in [3.05, 3.63) is 18.3 Å². The van der Waals surface area contributed by atoms with Gasteiger partial charge in [0.15, 0.2) is 0 Å². The minimum absolute atomic E-state index is 0.366. The third-order valence-electron chi connectivity index (χ3n) is 2.27. The third kappa shape index (κ3) is 0.843. The monoisotopic (exact) mass is 157 g/mol. The molecule has 0 aliphatic rings. The minimum Gasteiger partial charge on any atom is -0.509 e. The molecular formula is C8H9B2NO. The van der Waals surface area contributed by atoms with Crippen LogP contribution < -0.4 is 10.9 Å². The van der Waals surface area contributed by atoms with Crippen LogP contribution >= 0.6 is 0 Å². The van der Waals surface area contributed by atoms with E-state index < -0.39 is 0 Å². The topological polar surface area (TPSA) is 36.0 Å². The highest BCUT2D eigenvalue weighted by Gasteiger charge is 2.04. The molecule has 0 amide bonds. The summed E-state index contributed by atoms with van der Waals surface area (Å²) in [6, 6.07) is 3.61. The lowest BCUT2D eigenvalue weighted by molar-refractivity contribution is 0.480. The Morgan fingerprint density at radius 2 is 2.00 bits per heavy atom. The number of benzene rings is 1. The first-order valence-electron chi connectivity index (χ1n) is 3.96. The van der Waals surface area contributed by atoms with E-state index in [1.807, 2.05) is 28.0 Å². The zero-order valence-corrected chi connectivity index (χ0v) is 7.18. The molecule has 1 aromatic carbocycles. The highest BCUT2D eigenvalue weighted by molar-refractivity contribution is 6.48. The number of aromatic hydroxyl groups is 1. The molecule has 2 rings (SSSR count). The van der Waals surface area contributed by atoms with E-state index in [4.69, 9.17) is 0 Å². The fraction of sp³-hybridized carbons (Fsp3) is 0. The zero-order valence-electron chi connectivity index (χ0n) is 7.18. The van der Waals surface area contributed by atoms with Gasteiger partial charge in [-0.15, -0.1) is 0 Å². The lowest BCUT2D eigenvalue weighted by atomic mass is 9.85. The predicted octanol–water partition coefficient (Wildman–Crippen LogP) is -1.61. The molecular weight excluding hydrogens is 148 g/mol. The molecule has 0 saturated carbocycles. The molecule has 0 aliphatic heterocycles. The van der Waals surface area contributed by atoms with Gasteiger partial charge in [-0.05, 0) is 29.2 Å². The Morgan fingerprint density at radius 3 is 2.75 bits per heavy atom. The molecule has 0 unspecified atom stereocenters. The number of aromatic nitrogens is 1. The van der Waals surface area contributed by atoms with Gasteiger partial charge in [0.05, 0.1) is 0 Å². The summed E-state index contributed by atoms with van der Waals surface area (Å²) in [7, 11) is 3.96. The van der Waals surface area contributed by atoms with E-state index in [1.54, 1.807) is 6.07 Å². The van der Waals surface area contributed by atoms with Crippen molar-refractivity contribution in [2.75, 3.05) is 0 Å². The number of phenols is 1. The summed E-state index contributed by atoms with van der Waals surface area (Å²) in [6.07, 6.45) is 1.96. The van der Waals surface area contributed by atoms with Crippen molar-refractivity contribution in [1.29, 1.82) is 0 Å². The number of hydrogen-bond acceptors (Lipinski definition) is 1. The SMILES string of the molecule is Bc1c[nH]c2ccc(O)c(B)c12. The van der Waals surface area contributed by atoms with Gasteiger partial charge in [0, 0.05) is 5.52 Å². The van der Waals surface area contributed by atoms with Gasteiger partial charge in [0.2, 0.25) is 0 Å². The van der Waals surface area contributed by atoms with Crippen molar-refractivity contribution in [1.82, 2.24) is 4.98 Å². The molecule has 0 spiro atoms. The predicted molar refractivity (Wildman–Crippen MR) is 56.3 cm³/mol. The molecule has 1 heterocycles. The van der Waals surface area contributed by atoms with Crippen LogP contribution in [0.5, 0.6) is 5.75 Å². The molecule has 0 bridgehead atoms. The van der Waals surface area contributed by atoms with Gasteiger partial charge in [-0.2, -0.15) is 0 Å². The van der Waals surface area contributed by atoms with Crippen LogP contribution in [0.3, 0.4) is 0 Å². The Hall–Kier alpha value is -1.31. The van der Waals surface area contributed by atoms with E-state index in [-0.39, 0.29) is 0 Å². The van der Waals surface area contributed by atoms with E-state index in [0.717, 1.165) is 16.4 Å². The molecule has 0 radical (unpaired) electrons. The van der Waals surface area contributed by atoms with E-state index >= 15 is 0 Å². The van der Waals surface area contributed by atoms with Crippen LogP contribution in [0.25, 0.3) is 10.9 Å². The van der Waals surface area contributed by atoms with Crippen molar-refractivity contribution in [3.63, 3.8) is 0 Å². The fourth-order valence-electron chi connectivity index (χ4n) is 1.59. The largest absolute Gasteiger partial charge is 0.509 e. The third-order valence-corrected chi connectivity index (χ3v) is 2.27. The summed E-state index contributed by atoms with van der Waals surface area (Å²) in [5.41, 5.74) is 3.22. The number of hydrogen-bond donors (Lipinski definition) is 2. The smallest absolute Gasteiger partial charge is 0.145 e. The Bertz CT molecular complexity index is 436. The summed E-state index contributed by atoms with van der Waals surface area (Å²) in [4.78, 5) is 3.14. The quantitative estimate of drug-likeness (QED) is 0.443. The van der Waals surface area contributed by atoms with Gasteiger partial charge in [-0.1, -0.05) is 5.46 Å². The van der Waals surface area contributed by atoms with E-state index in [2.05, 4.69) is 4.98 Å². The van der Waals surface area contributed by atoms with E-state index in [1.165, 1.54) is 5.46 Å². The minimum atomic E-state index is 0.366. The average molecular weight is 157 g/mol. The molecule has 12 heavy (non-hydrogen) atoms. The van der Waals surface area contributed by atoms with Crippen LogP contribution in [0.4, 0.5) is 0 Å². The first-order valence-corrected chi connectivity index (χ1v) is 3.96. The fourth-order valence-corrected chi connectivity index (χ4v) is 1.59. The van der Waals surface area contributed by atoms with Crippen molar-refractivity contribution in [3.8, 4) is 5.75 Å². The van der Waals surface area contributed by atoms with Gasteiger partial charge in [0.25, 0.3) is 0 Å². The maximum atomic E-state index is 9.45. The van der Waals surface area contributed by atoms with Crippen LogP contribution in [0.15, 0.2) is 18.3 Å². The normalized spacial score (nSPS) is 10.7. The van der Waals surface area contributed by atoms with Crippen LogP contribution in [-0.2, 0) is 0 Å². The van der Waals surface area contributed by atoms with Crippen LogP contribution in [0, 0.1) is 0 Å². The van der Waals surface area contributed by atoms with Crippen molar-refractivity contribution in [2.24, 2.45) is 0 Å². The van der Waals surface area contributed by atoms with Gasteiger partial charge in [-0.3, -0.25) is 0 Å². The summed E-state index contributed by atoms with van der Waals surface area (Å²) in [5.74, 6) is 0.366. The molecule has 4 heteroatoms. The molecule has 2 nitrogen and oxygen atoms in total. The lowest BCUT2D eigenvalue weighted by Gasteiger charge is -2.00. The van der Waals surface area contributed by atoms with Crippen LogP contribution in [0.1, 0.15) is 0 Å². The molecule has 2 N–H and O–H groups in total. The maximum Gasteiger partial charge on any atom is 0.145 e. The Morgan fingerprint density at radius 1 is 1.25 bits per heavy atom. The maximum absolute atomic E-state index is 9.45. The van der Waals surface area contributed by atoms with E-state index in [0.29, 0.717) is 5.75 Å². The highest BCUT2D eigenvalue weighted by Crippen LogP contribution is 2.12. The molecule has 1 aromatic heterocycles. The van der Waals surface area contributed by atoms with Crippen molar-refractivity contribution < 1.29 is 5.11 Å². The van der Waals surface area contributed by atoms with Gasteiger partial charge in [0.1, 0.15) is 21.4 Å². The molecule has 0 fully saturated rings. The van der Waals surface area contributed by atoms with Gasteiger partial charge in [-0.25, -0.2) is 0 Å². The summed E-state index contributed by atoms with van der Waals surface area (Å²) < 4.78 is 0. The number of fused-ring (bicyclic) bond motifs is 1. The van der Waals surface area contributed by atoms with E-state index in [9.17, 15) is 5.11 Å². The molecule has 58 valence electrons. The first-order chi connectivity index (χ1) is 5.70. The van der Waals surface area contributed by atoms with Crippen molar-refractivity contribution in [2.45, 2.75) is 0 Å². The number of phenolic OH excluding ortho intramolecular Hbond substituents is 1. The first kappa shape index (κ1) is 7.34. The standard InChI is InChI=1S/C8H9B2NO/c9-4-3-11-5-1-2-6(12)8(10)7(4)5/h1-3,11-12H,9-10H2. The second-order valence-corrected chi connectivity index (χ2v) is 3.10. The number of rotatable bonds is 0. The summed E-state index contributed by atoms with van der Waals surface area (Å²) in [5, 5.41) is 10.6. The molecule has 0 aliphatic carbocycles. The Kier molecular flexibility index (Phi) is 1.43. The van der Waals surface area contributed by atoms with Crippen LogP contribution in [-0.4, -0.2) is 25.8 Å². The van der Waals surface area contributed by atoms with Gasteiger partial charge < -0.3 is 10.1 Å². The molecule has 0 saturated heterocycles.